The van der Waals surface area contributed by atoms with Gasteiger partial charge in [-0.25, -0.2) is 0 Å². The first-order valence-electron chi connectivity index (χ1n) is 33.7. The quantitative estimate of drug-likeness (QED) is 0.159. The molecule has 0 unspecified atom stereocenters. The average Bonchev–Trinajstić information content (AvgIpc) is 1.60. The summed E-state index contributed by atoms with van der Waals surface area (Å²) in [5, 5.41) is 1.41. The lowest BCUT2D eigenvalue weighted by atomic mass is 9.45. The largest absolute Gasteiger partial charge is 0.376 e. The van der Waals surface area contributed by atoms with Crippen molar-refractivity contribution in [2.75, 3.05) is 9.71 Å². The molecule has 4 heteroatoms. The molecule has 0 saturated carbocycles. The van der Waals surface area contributed by atoms with Crippen LogP contribution in [0, 0.1) is 6.92 Å². The van der Waals surface area contributed by atoms with E-state index in [1.807, 2.05) is 0 Å². The van der Waals surface area contributed by atoms with Crippen LogP contribution < -0.4 is 20.0 Å². The van der Waals surface area contributed by atoms with Gasteiger partial charge in [0.15, 0.2) is 0 Å². The van der Waals surface area contributed by atoms with E-state index in [0.29, 0.717) is 0 Å². The molecule has 0 atom stereocenters. The van der Waals surface area contributed by atoms with E-state index in [1.165, 1.54) is 195 Å². The molecule has 87 heavy (non-hydrogen) atoms. The standard InChI is InChI=1S/C83H95BN2S/c1-46-36-58-63(80(14,15)34-30-75(58,4)5)44-65(46)85-67-42-51-48-24-22-23-25-54(48)83(20,21)70(51)69-52-39-56-50(49-38-60-62(43-57(49)82(56,18)19)79(12,13)33-31-77(60,8)9)41-66(52)86(47-26-27-55-59(37-47)76(6,7)29-28-74(55,2)3)84(71(67)69)73-72(85)53-40-61-64(45-68(53)87-73)81(16,17)35-32-78(61,10)11/h22-27,36-45H,28-35H2,1-21H3. The molecule has 0 radical (unpaired) electrons. The van der Waals surface area contributed by atoms with Crippen molar-refractivity contribution in [2.24, 2.45) is 0 Å². The van der Waals surface area contributed by atoms with Gasteiger partial charge in [0.1, 0.15) is 0 Å². The van der Waals surface area contributed by atoms with Gasteiger partial charge < -0.3 is 9.71 Å². The van der Waals surface area contributed by atoms with Crippen molar-refractivity contribution < 1.29 is 0 Å². The van der Waals surface area contributed by atoms with Gasteiger partial charge in [-0.05, 0) is 262 Å². The second-order valence-corrected chi connectivity index (χ2v) is 36.6. The summed E-state index contributed by atoms with van der Waals surface area (Å²) < 4.78 is 2.88. The molecule has 0 N–H and O–H groups in total. The van der Waals surface area contributed by atoms with Crippen LogP contribution in [-0.4, -0.2) is 6.85 Å². The minimum atomic E-state index is -0.270. The van der Waals surface area contributed by atoms with Gasteiger partial charge in [-0.3, -0.25) is 0 Å². The second kappa shape index (κ2) is 16.9. The number of anilines is 5. The molecular weight excluding hydrogens is 1070 g/mol. The van der Waals surface area contributed by atoms with Gasteiger partial charge in [-0.15, -0.1) is 11.3 Å². The minimum absolute atomic E-state index is 0.0247. The fourth-order valence-electron chi connectivity index (χ4n) is 19.3. The summed E-state index contributed by atoms with van der Waals surface area (Å²) in [6, 6.07) is 41.7. The van der Waals surface area contributed by atoms with Gasteiger partial charge in [0.05, 0.1) is 5.69 Å². The van der Waals surface area contributed by atoms with Gasteiger partial charge in [-0.1, -0.05) is 181 Å². The molecule has 446 valence electrons. The maximum absolute atomic E-state index is 2.93. The van der Waals surface area contributed by atoms with Gasteiger partial charge in [0, 0.05) is 54.0 Å². The number of benzene rings is 7. The van der Waals surface area contributed by atoms with Crippen LogP contribution in [0.4, 0.5) is 28.4 Å². The predicted molar refractivity (Wildman–Crippen MR) is 377 cm³/mol. The molecule has 6 aliphatic carbocycles. The first-order chi connectivity index (χ1) is 40.5. The van der Waals surface area contributed by atoms with Crippen molar-refractivity contribution in [3.8, 4) is 33.4 Å². The van der Waals surface area contributed by atoms with Gasteiger partial charge in [-0.2, -0.15) is 0 Å². The number of fused-ring (bicyclic) bond motifs is 17. The summed E-state index contributed by atoms with van der Waals surface area (Å²) >= 11 is 2.11. The molecule has 8 aliphatic rings. The highest BCUT2D eigenvalue weighted by molar-refractivity contribution is 7.32. The molecule has 0 fully saturated rings. The molecule has 0 spiro atoms. The average molecular weight is 1160 g/mol. The van der Waals surface area contributed by atoms with E-state index in [9.17, 15) is 0 Å². The molecule has 2 nitrogen and oxygen atoms in total. The molecule has 2 aliphatic heterocycles. The molecule has 8 aromatic rings. The molecular formula is C83H95BN2S. The van der Waals surface area contributed by atoms with Crippen LogP contribution in [0.1, 0.15) is 262 Å². The zero-order chi connectivity index (χ0) is 61.6. The lowest BCUT2D eigenvalue weighted by molar-refractivity contribution is 0.331. The highest BCUT2D eigenvalue weighted by Gasteiger charge is 2.54. The van der Waals surface area contributed by atoms with E-state index in [4.69, 9.17) is 0 Å². The topological polar surface area (TPSA) is 6.48 Å². The van der Waals surface area contributed by atoms with Crippen molar-refractivity contribution in [2.45, 2.75) is 251 Å². The first kappa shape index (κ1) is 56.4. The number of aryl methyl sites for hydroxylation is 1. The zero-order valence-electron chi connectivity index (χ0n) is 56.8. The maximum Gasteiger partial charge on any atom is 0.343 e. The third kappa shape index (κ3) is 7.35. The summed E-state index contributed by atoms with van der Waals surface area (Å²) in [5.74, 6) is 0. The maximum atomic E-state index is 2.93. The van der Waals surface area contributed by atoms with Gasteiger partial charge in [0.25, 0.3) is 0 Å². The Morgan fingerprint density at radius 3 is 1.45 bits per heavy atom. The highest BCUT2D eigenvalue weighted by atomic mass is 32.1. The van der Waals surface area contributed by atoms with Crippen LogP contribution >= 0.6 is 11.3 Å². The van der Waals surface area contributed by atoms with Crippen LogP contribution in [0.25, 0.3) is 43.5 Å². The normalized spacial score (nSPS) is 22.6. The lowest BCUT2D eigenvalue weighted by Crippen LogP contribution is -2.61. The van der Waals surface area contributed by atoms with E-state index < -0.39 is 0 Å². The van der Waals surface area contributed by atoms with E-state index in [-0.39, 0.29) is 61.0 Å². The van der Waals surface area contributed by atoms with Crippen LogP contribution in [0.3, 0.4) is 0 Å². The number of hydrogen-bond donors (Lipinski definition) is 0. The van der Waals surface area contributed by atoms with Crippen molar-refractivity contribution >= 4 is 66.9 Å². The number of hydrogen-bond acceptors (Lipinski definition) is 3. The summed E-state index contributed by atoms with van der Waals surface area (Å²) in [6.07, 6.45) is 9.49. The van der Waals surface area contributed by atoms with E-state index in [1.54, 1.807) is 11.1 Å². The third-order valence-electron chi connectivity index (χ3n) is 25.6. The smallest absolute Gasteiger partial charge is 0.343 e. The van der Waals surface area contributed by atoms with Crippen molar-refractivity contribution in [1.82, 2.24) is 0 Å². The highest BCUT2D eigenvalue weighted by Crippen LogP contribution is 2.64. The summed E-state index contributed by atoms with van der Waals surface area (Å²) in [4.78, 5) is 5.81. The minimum Gasteiger partial charge on any atom is -0.376 e. The Morgan fingerprint density at radius 1 is 0.368 bits per heavy atom. The van der Waals surface area contributed by atoms with E-state index in [0.717, 1.165) is 0 Å². The summed E-state index contributed by atoms with van der Waals surface area (Å²) in [7, 11) is 0. The van der Waals surface area contributed by atoms with Crippen molar-refractivity contribution in [1.29, 1.82) is 0 Å². The Morgan fingerprint density at radius 2 is 0.839 bits per heavy atom. The first-order valence-corrected chi connectivity index (χ1v) is 34.5. The Kier molecular flexibility index (Phi) is 11.0. The summed E-state index contributed by atoms with van der Waals surface area (Å²) in [5.41, 5.74) is 36.2. The molecule has 16 rings (SSSR count). The van der Waals surface area contributed by atoms with Crippen LogP contribution in [0.15, 0.2) is 97.1 Å². The van der Waals surface area contributed by atoms with Crippen molar-refractivity contribution in [3.63, 3.8) is 0 Å². The Hall–Kier alpha value is -5.84. The van der Waals surface area contributed by atoms with E-state index >= 15 is 0 Å². The fourth-order valence-corrected chi connectivity index (χ4v) is 20.7. The second-order valence-electron chi connectivity index (χ2n) is 35.6. The monoisotopic (exact) mass is 1160 g/mol. The Labute approximate surface area is 527 Å². The van der Waals surface area contributed by atoms with Gasteiger partial charge >= 0.3 is 6.85 Å². The number of rotatable bonds is 2. The fraction of sp³-hybridized carbons (Fsp3) is 0.470. The molecule has 0 saturated heterocycles. The predicted octanol–water partition coefficient (Wildman–Crippen LogP) is 21.9. The SMILES string of the molecule is Cc1cc2c(cc1N1c3cc4c(c5c3B(c3sc6cc7c(cc6c31)C(C)(C)CCC7(C)C)N(c1ccc3c(c1)C(C)(C)CCC3(C)C)c1cc3c(cc1-5)C(C)(C)c1cc5c(cc1-3)C(C)(C)CCC5(C)C)C(C)(C)c1ccccc1-4)C(C)(C)CCC2(C)C. The Balaban J connectivity index is 1.10. The number of thiophene rings is 1. The summed E-state index contributed by atoms with van der Waals surface area (Å²) in [6.45, 7) is 52.7. The van der Waals surface area contributed by atoms with Crippen LogP contribution in [0.2, 0.25) is 0 Å². The van der Waals surface area contributed by atoms with E-state index in [2.05, 4.69) is 264 Å². The molecule has 0 bridgehead atoms. The molecule has 1 aromatic heterocycles. The molecule has 3 heterocycles. The molecule has 7 aromatic carbocycles. The lowest BCUT2D eigenvalue weighted by Gasteiger charge is -2.48. The third-order valence-corrected chi connectivity index (χ3v) is 26.8. The molecule has 0 amide bonds. The van der Waals surface area contributed by atoms with Gasteiger partial charge in [0.2, 0.25) is 0 Å². The van der Waals surface area contributed by atoms with Crippen molar-refractivity contribution in [3.05, 3.63) is 169 Å². The van der Waals surface area contributed by atoms with Crippen LogP contribution in [0.5, 0.6) is 0 Å². The van der Waals surface area contributed by atoms with Crippen LogP contribution in [-0.2, 0) is 54.1 Å². The Bertz CT molecular complexity index is 4440. The zero-order valence-corrected chi connectivity index (χ0v) is 57.6. The number of nitrogens with zero attached hydrogens (tertiary/aromatic N) is 2.